The predicted molar refractivity (Wildman–Crippen MR) is 62.8 cm³/mol. The summed E-state index contributed by atoms with van der Waals surface area (Å²) in [6.45, 7) is 3.66. The van der Waals surface area contributed by atoms with Crippen molar-refractivity contribution in [1.82, 2.24) is 4.90 Å². The van der Waals surface area contributed by atoms with Gasteiger partial charge in [0.15, 0.2) is 0 Å². The normalized spacial score (nSPS) is 24.3. The molecule has 1 aliphatic heterocycles. The molecule has 1 aliphatic rings. The van der Waals surface area contributed by atoms with Crippen molar-refractivity contribution in [2.45, 2.75) is 45.3 Å². The van der Waals surface area contributed by atoms with Crippen LogP contribution in [0.3, 0.4) is 0 Å². The molecule has 3 nitrogen and oxygen atoms in total. The highest BCUT2D eigenvalue weighted by Crippen LogP contribution is 2.30. The lowest BCUT2D eigenvalue weighted by atomic mass is 9.89. The zero-order valence-corrected chi connectivity index (χ0v) is 10.8. The van der Waals surface area contributed by atoms with Crippen molar-refractivity contribution in [3.05, 3.63) is 0 Å². The molecule has 1 rings (SSSR count). The van der Waals surface area contributed by atoms with Crippen molar-refractivity contribution in [1.29, 1.82) is 0 Å². The Balaban J connectivity index is 2.79. The van der Waals surface area contributed by atoms with Crippen LogP contribution in [0.25, 0.3) is 0 Å². The van der Waals surface area contributed by atoms with Crippen LogP contribution >= 0.6 is 0 Å². The smallest absolute Gasteiger partial charge is 0.329 e. The van der Waals surface area contributed by atoms with Crippen molar-refractivity contribution < 1.29 is 18.0 Å². The molecule has 6 heteroatoms. The van der Waals surface area contributed by atoms with Crippen LogP contribution in [0, 0.1) is 11.8 Å². The lowest BCUT2D eigenvalue weighted by Crippen LogP contribution is -2.52. The van der Waals surface area contributed by atoms with E-state index in [0.717, 1.165) is 4.90 Å². The van der Waals surface area contributed by atoms with E-state index >= 15 is 0 Å². The SMILES string of the molecule is CC(C)C1CCC(=O)N(C(CN)C(F)(F)F)CC1. The Kier molecular flexibility index (Phi) is 5.01. The minimum atomic E-state index is -4.44. The van der Waals surface area contributed by atoms with Gasteiger partial charge in [0, 0.05) is 19.5 Å². The number of halogens is 3. The fraction of sp³-hybridized carbons (Fsp3) is 0.917. The first-order valence-electron chi connectivity index (χ1n) is 6.33. The van der Waals surface area contributed by atoms with E-state index in [0.29, 0.717) is 24.7 Å². The van der Waals surface area contributed by atoms with E-state index in [2.05, 4.69) is 0 Å². The van der Waals surface area contributed by atoms with Gasteiger partial charge in [-0.15, -0.1) is 0 Å². The van der Waals surface area contributed by atoms with E-state index in [-0.39, 0.29) is 13.0 Å². The largest absolute Gasteiger partial charge is 0.410 e. The van der Waals surface area contributed by atoms with Crippen molar-refractivity contribution in [2.75, 3.05) is 13.1 Å². The zero-order chi connectivity index (χ0) is 13.9. The van der Waals surface area contributed by atoms with E-state index < -0.39 is 24.7 Å². The summed E-state index contributed by atoms with van der Waals surface area (Å²) in [5.74, 6) is 0.275. The number of nitrogens with two attached hydrogens (primary N) is 1. The molecule has 106 valence electrons. The van der Waals surface area contributed by atoms with Gasteiger partial charge in [0.2, 0.25) is 5.91 Å². The van der Waals surface area contributed by atoms with Gasteiger partial charge in [-0.1, -0.05) is 13.8 Å². The minimum Gasteiger partial charge on any atom is -0.329 e. The maximum atomic E-state index is 12.8. The molecule has 1 amide bonds. The van der Waals surface area contributed by atoms with Crippen LogP contribution in [-0.4, -0.2) is 36.1 Å². The van der Waals surface area contributed by atoms with Gasteiger partial charge in [-0.2, -0.15) is 13.2 Å². The maximum Gasteiger partial charge on any atom is 0.410 e. The van der Waals surface area contributed by atoms with Gasteiger partial charge < -0.3 is 10.6 Å². The summed E-state index contributed by atoms with van der Waals surface area (Å²) in [4.78, 5) is 12.7. The fourth-order valence-electron chi connectivity index (χ4n) is 2.46. The van der Waals surface area contributed by atoms with Gasteiger partial charge in [-0.05, 0) is 24.7 Å². The fourth-order valence-corrected chi connectivity index (χ4v) is 2.46. The third-order valence-corrected chi connectivity index (χ3v) is 3.71. The van der Waals surface area contributed by atoms with Crippen molar-refractivity contribution >= 4 is 5.91 Å². The molecule has 0 bridgehead atoms. The third-order valence-electron chi connectivity index (χ3n) is 3.71. The summed E-state index contributed by atoms with van der Waals surface area (Å²) in [7, 11) is 0. The summed E-state index contributed by atoms with van der Waals surface area (Å²) in [6.07, 6.45) is -2.96. The van der Waals surface area contributed by atoms with Crippen LogP contribution in [0.1, 0.15) is 33.1 Å². The zero-order valence-electron chi connectivity index (χ0n) is 10.8. The second-order valence-corrected chi connectivity index (χ2v) is 5.21. The van der Waals surface area contributed by atoms with Crippen LogP contribution in [0.15, 0.2) is 0 Å². The Labute approximate surface area is 106 Å². The van der Waals surface area contributed by atoms with Gasteiger partial charge >= 0.3 is 6.18 Å². The summed E-state index contributed by atoms with van der Waals surface area (Å²) in [5, 5.41) is 0. The molecular formula is C12H21F3N2O. The van der Waals surface area contributed by atoms with Crippen LogP contribution in [-0.2, 0) is 4.79 Å². The van der Waals surface area contributed by atoms with Gasteiger partial charge in [0.25, 0.3) is 0 Å². The third kappa shape index (κ3) is 3.60. The highest BCUT2D eigenvalue weighted by Gasteiger charge is 2.45. The molecule has 18 heavy (non-hydrogen) atoms. The molecule has 2 unspecified atom stereocenters. The van der Waals surface area contributed by atoms with Crippen LogP contribution in [0.2, 0.25) is 0 Å². The van der Waals surface area contributed by atoms with E-state index in [9.17, 15) is 18.0 Å². The Bertz CT molecular complexity index is 292. The molecule has 0 aromatic heterocycles. The van der Waals surface area contributed by atoms with Crippen molar-refractivity contribution in [2.24, 2.45) is 17.6 Å². The summed E-state index contributed by atoms with van der Waals surface area (Å²) in [5.41, 5.74) is 5.18. The van der Waals surface area contributed by atoms with Crippen LogP contribution in [0.5, 0.6) is 0 Å². The number of hydrogen-bond acceptors (Lipinski definition) is 2. The van der Waals surface area contributed by atoms with Crippen LogP contribution in [0.4, 0.5) is 13.2 Å². The number of nitrogens with zero attached hydrogens (tertiary/aromatic N) is 1. The van der Waals surface area contributed by atoms with Gasteiger partial charge in [-0.3, -0.25) is 4.79 Å². The molecular weight excluding hydrogens is 245 g/mol. The second kappa shape index (κ2) is 5.91. The average molecular weight is 266 g/mol. The average Bonchev–Trinajstić information content (AvgIpc) is 2.41. The number of rotatable bonds is 3. The molecule has 1 saturated heterocycles. The molecule has 0 spiro atoms. The number of hydrogen-bond donors (Lipinski definition) is 1. The highest BCUT2D eigenvalue weighted by molar-refractivity contribution is 5.77. The number of alkyl halides is 3. The molecule has 0 radical (unpaired) electrons. The Hall–Kier alpha value is -0.780. The lowest BCUT2D eigenvalue weighted by Gasteiger charge is -2.31. The Morgan fingerprint density at radius 1 is 1.39 bits per heavy atom. The minimum absolute atomic E-state index is 0.156. The predicted octanol–water partition coefficient (Wildman–Crippen LogP) is 2.16. The molecule has 2 atom stereocenters. The van der Waals surface area contributed by atoms with Gasteiger partial charge in [0.05, 0.1) is 0 Å². The first-order valence-corrected chi connectivity index (χ1v) is 6.33. The van der Waals surface area contributed by atoms with Gasteiger partial charge in [-0.25, -0.2) is 0 Å². The molecule has 0 aliphatic carbocycles. The highest BCUT2D eigenvalue weighted by atomic mass is 19.4. The lowest BCUT2D eigenvalue weighted by molar-refractivity contribution is -0.187. The molecule has 0 aromatic rings. The van der Waals surface area contributed by atoms with Gasteiger partial charge in [0.1, 0.15) is 6.04 Å². The van der Waals surface area contributed by atoms with E-state index in [1.807, 2.05) is 13.8 Å². The van der Waals surface area contributed by atoms with Crippen LogP contribution < -0.4 is 5.73 Å². The van der Waals surface area contributed by atoms with E-state index in [4.69, 9.17) is 5.73 Å². The second-order valence-electron chi connectivity index (χ2n) is 5.21. The first kappa shape index (κ1) is 15.3. The quantitative estimate of drug-likeness (QED) is 0.851. The maximum absolute atomic E-state index is 12.8. The standard InChI is InChI=1S/C12H21F3N2O/c1-8(2)9-3-4-11(18)17(6-5-9)10(7-16)12(13,14)15/h8-10H,3-7,16H2,1-2H3. The molecule has 0 aromatic carbocycles. The Morgan fingerprint density at radius 2 is 2.00 bits per heavy atom. The summed E-state index contributed by atoms with van der Waals surface area (Å²) < 4.78 is 38.4. The molecule has 2 N–H and O–H groups in total. The number of amides is 1. The van der Waals surface area contributed by atoms with Crippen molar-refractivity contribution in [3.8, 4) is 0 Å². The monoisotopic (exact) mass is 266 g/mol. The molecule has 1 heterocycles. The molecule has 0 saturated carbocycles. The Morgan fingerprint density at radius 3 is 2.44 bits per heavy atom. The molecule has 1 fully saturated rings. The topological polar surface area (TPSA) is 46.3 Å². The number of likely N-dealkylation sites (tertiary alicyclic amines) is 1. The van der Waals surface area contributed by atoms with E-state index in [1.54, 1.807) is 0 Å². The van der Waals surface area contributed by atoms with E-state index in [1.165, 1.54) is 0 Å². The first-order chi connectivity index (χ1) is 8.27. The summed E-state index contributed by atoms with van der Waals surface area (Å²) >= 11 is 0. The number of carbonyl (C=O) groups excluding carboxylic acids is 1. The summed E-state index contributed by atoms with van der Waals surface area (Å²) in [6, 6.07) is -1.84. The number of carbonyl (C=O) groups is 1. The van der Waals surface area contributed by atoms with Crippen molar-refractivity contribution in [3.63, 3.8) is 0 Å².